The molecule has 0 aliphatic rings. The standard InChI is InChI=1S/C11H17ClN2O3S.ClH/c1-3-13-6-7-14-18(15,16)9-4-5-11(17-2)10(12)8-9;/h4-5,8,13-14H,3,6-7H2,1-2H3;1H. The van der Waals surface area contributed by atoms with Crippen LogP contribution in [0.4, 0.5) is 0 Å². The molecule has 110 valence electrons. The molecule has 0 unspecified atom stereocenters. The lowest BCUT2D eigenvalue weighted by Crippen LogP contribution is -2.31. The quantitative estimate of drug-likeness (QED) is 0.747. The van der Waals surface area contributed by atoms with Crippen molar-refractivity contribution in [1.29, 1.82) is 0 Å². The van der Waals surface area contributed by atoms with Crippen LogP contribution in [0.1, 0.15) is 6.92 Å². The number of methoxy groups -OCH3 is 1. The Morgan fingerprint density at radius 3 is 2.53 bits per heavy atom. The van der Waals surface area contributed by atoms with Gasteiger partial charge in [-0.25, -0.2) is 13.1 Å². The molecule has 1 rings (SSSR count). The van der Waals surface area contributed by atoms with Gasteiger partial charge in [-0.3, -0.25) is 0 Å². The van der Waals surface area contributed by atoms with Gasteiger partial charge in [0.1, 0.15) is 5.75 Å². The van der Waals surface area contributed by atoms with E-state index in [9.17, 15) is 8.42 Å². The molecular formula is C11H18Cl2N2O3S. The zero-order valence-corrected chi connectivity index (χ0v) is 13.2. The van der Waals surface area contributed by atoms with Gasteiger partial charge in [0.05, 0.1) is 17.0 Å². The van der Waals surface area contributed by atoms with Crippen molar-refractivity contribution in [3.63, 3.8) is 0 Å². The third-order valence-electron chi connectivity index (χ3n) is 2.28. The largest absolute Gasteiger partial charge is 0.495 e. The fraction of sp³-hybridized carbons (Fsp3) is 0.455. The average Bonchev–Trinajstić information content (AvgIpc) is 2.34. The van der Waals surface area contributed by atoms with Crippen molar-refractivity contribution in [1.82, 2.24) is 10.0 Å². The molecule has 0 saturated heterocycles. The molecule has 5 nitrogen and oxygen atoms in total. The molecular weight excluding hydrogens is 311 g/mol. The highest BCUT2D eigenvalue weighted by Gasteiger charge is 2.15. The Balaban J connectivity index is 0.00000324. The molecule has 0 radical (unpaired) electrons. The molecule has 0 amide bonds. The van der Waals surface area contributed by atoms with Gasteiger partial charge in [0.25, 0.3) is 0 Å². The van der Waals surface area contributed by atoms with Crippen LogP contribution in [0.25, 0.3) is 0 Å². The number of nitrogens with one attached hydrogen (secondary N) is 2. The molecule has 0 spiro atoms. The van der Waals surface area contributed by atoms with Crippen LogP contribution in [0.5, 0.6) is 5.75 Å². The van der Waals surface area contributed by atoms with E-state index in [4.69, 9.17) is 16.3 Å². The number of likely N-dealkylation sites (N-methyl/N-ethyl adjacent to an activating group) is 1. The third-order valence-corrected chi connectivity index (χ3v) is 4.03. The van der Waals surface area contributed by atoms with Crippen molar-refractivity contribution in [2.45, 2.75) is 11.8 Å². The highest BCUT2D eigenvalue weighted by molar-refractivity contribution is 7.89. The lowest BCUT2D eigenvalue weighted by Gasteiger charge is -2.09. The second kappa shape index (κ2) is 8.60. The summed E-state index contributed by atoms with van der Waals surface area (Å²) in [6.45, 7) is 3.67. The van der Waals surface area contributed by atoms with Crippen LogP contribution in [-0.2, 0) is 10.0 Å². The summed E-state index contributed by atoms with van der Waals surface area (Å²) in [5, 5.41) is 3.30. The zero-order chi connectivity index (χ0) is 13.6. The number of hydrogen-bond donors (Lipinski definition) is 2. The van der Waals surface area contributed by atoms with Crippen molar-refractivity contribution in [2.24, 2.45) is 0 Å². The Morgan fingerprint density at radius 1 is 1.32 bits per heavy atom. The normalized spacial score (nSPS) is 10.9. The summed E-state index contributed by atoms with van der Waals surface area (Å²) < 4.78 is 31.3. The van der Waals surface area contributed by atoms with Gasteiger partial charge in [-0.1, -0.05) is 18.5 Å². The Kier molecular flexibility index (Phi) is 8.36. The fourth-order valence-electron chi connectivity index (χ4n) is 1.35. The first-order valence-corrected chi connectivity index (χ1v) is 7.41. The molecule has 19 heavy (non-hydrogen) atoms. The molecule has 0 aliphatic carbocycles. The number of benzene rings is 1. The number of sulfonamides is 1. The Morgan fingerprint density at radius 2 is 2.00 bits per heavy atom. The van der Waals surface area contributed by atoms with Crippen molar-refractivity contribution in [3.8, 4) is 5.75 Å². The molecule has 0 atom stereocenters. The highest BCUT2D eigenvalue weighted by atomic mass is 35.5. The number of ether oxygens (including phenoxy) is 1. The molecule has 0 heterocycles. The first kappa shape index (κ1) is 18.5. The predicted molar refractivity (Wildman–Crippen MR) is 79.0 cm³/mol. The first-order valence-electron chi connectivity index (χ1n) is 5.55. The summed E-state index contributed by atoms with van der Waals surface area (Å²) in [6, 6.07) is 4.36. The smallest absolute Gasteiger partial charge is 0.240 e. The van der Waals surface area contributed by atoms with E-state index in [1.54, 1.807) is 0 Å². The number of halogens is 2. The minimum Gasteiger partial charge on any atom is -0.495 e. The topological polar surface area (TPSA) is 67.4 Å². The summed E-state index contributed by atoms with van der Waals surface area (Å²) in [5.41, 5.74) is 0. The van der Waals surface area contributed by atoms with E-state index in [1.807, 2.05) is 6.92 Å². The maximum atomic E-state index is 11.9. The van der Waals surface area contributed by atoms with E-state index >= 15 is 0 Å². The van der Waals surface area contributed by atoms with Gasteiger partial charge in [0.15, 0.2) is 0 Å². The second-order valence-corrected chi connectivity index (χ2v) is 5.72. The van der Waals surface area contributed by atoms with Gasteiger partial charge >= 0.3 is 0 Å². The van der Waals surface area contributed by atoms with Crippen LogP contribution in [0, 0.1) is 0 Å². The van der Waals surface area contributed by atoms with E-state index in [2.05, 4.69) is 10.0 Å². The predicted octanol–water partition coefficient (Wildman–Crippen LogP) is 1.66. The van der Waals surface area contributed by atoms with Gasteiger partial charge in [0.2, 0.25) is 10.0 Å². The summed E-state index contributed by atoms with van der Waals surface area (Å²) >= 11 is 5.89. The van der Waals surface area contributed by atoms with E-state index in [0.29, 0.717) is 18.8 Å². The van der Waals surface area contributed by atoms with Crippen LogP contribution in [0.2, 0.25) is 5.02 Å². The van der Waals surface area contributed by atoms with E-state index in [0.717, 1.165) is 6.54 Å². The van der Waals surface area contributed by atoms with Gasteiger partial charge in [-0.2, -0.15) is 0 Å². The highest BCUT2D eigenvalue weighted by Crippen LogP contribution is 2.26. The van der Waals surface area contributed by atoms with Crippen molar-refractivity contribution < 1.29 is 13.2 Å². The molecule has 0 aliphatic heterocycles. The van der Waals surface area contributed by atoms with Crippen LogP contribution in [0.15, 0.2) is 23.1 Å². The van der Waals surface area contributed by atoms with Crippen molar-refractivity contribution >= 4 is 34.0 Å². The Hall–Kier alpha value is -0.530. The van der Waals surface area contributed by atoms with Gasteiger partial charge < -0.3 is 10.1 Å². The molecule has 1 aromatic rings. The lowest BCUT2D eigenvalue weighted by atomic mass is 10.3. The van der Waals surface area contributed by atoms with Crippen molar-refractivity contribution in [2.75, 3.05) is 26.7 Å². The molecule has 0 bridgehead atoms. The zero-order valence-electron chi connectivity index (χ0n) is 10.8. The van der Waals surface area contributed by atoms with Gasteiger partial charge in [-0.15, -0.1) is 12.4 Å². The maximum absolute atomic E-state index is 11.9. The number of rotatable bonds is 7. The molecule has 0 aromatic heterocycles. The SMILES string of the molecule is CCNCCNS(=O)(=O)c1ccc(OC)c(Cl)c1.Cl. The van der Waals surface area contributed by atoms with E-state index < -0.39 is 10.0 Å². The summed E-state index contributed by atoms with van der Waals surface area (Å²) in [4.78, 5) is 0.129. The summed E-state index contributed by atoms with van der Waals surface area (Å²) in [7, 11) is -2.04. The first-order chi connectivity index (χ1) is 8.51. The minimum atomic E-state index is -3.52. The van der Waals surface area contributed by atoms with Crippen LogP contribution in [-0.4, -0.2) is 35.2 Å². The van der Waals surface area contributed by atoms with Crippen LogP contribution < -0.4 is 14.8 Å². The molecule has 8 heteroatoms. The van der Waals surface area contributed by atoms with Crippen LogP contribution in [0.3, 0.4) is 0 Å². The molecule has 0 saturated carbocycles. The van der Waals surface area contributed by atoms with Gasteiger partial charge in [0, 0.05) is 13.1 Å². The monoisotopic (exact) mass is 328 g/mol. The Bertz CT molecular complexity index is 495. The van der Waals surface area contributed by atoms with Crippen molar-refractivity contribution in [3.05, 3.63) is 23.2 Å². The maximum Gasteiger partial charge on any atom is 0.240 e. The minimum absolute atomic E-state index is 0. The second-order valence-electron chi connectivity index (χ2n) is 3.55. The molecule has 0 fully saturated rings. The number of hydrogen-bond acceptors (Lipinski definition) is 4. The summed E-state index contributed by atoms with van der Waals surface area (Å²) in [5.74, 6) is 0.447. The van der Waals surface area contributed by atoms with Crippen LogP contribution >= 0.6 is 24.0 Å². The van der Waals surface area contributed by atoms with Gasteiger partial charge in [-0.05, 0) is 24.7 Å². The fourth-order valence-corrected chi connectivity index (χ4v) is 2.73. The molecule has 2 N–H and O–H groups in total. The third kappa shape index (κ3) is 5.54. The van der Waals surface area contributed by atoms with E-state index in [-0.39, 0.29) is 22.3 Å². The summed E-state index contributed by atoms with van der Waals surface area (Å²) in [6.07, 6.45) is 0. The molecule has 1 aromatic carbocycles. The van der Waals surface area contributed by atoms with E-state index in [1.165, 1.54) is 25.3 Å². The Labute approximate surface area is 125 Å². The average molecular weight is 329 g/mol. The lowest BCUT2D eigenvalue weighted by molar-refractivity contribution is 0.414.